The molecule has 0 aliphatic carbocycles. The average Bonchev–Trinajstić information content (AvgIpc) is 3.17. The Bertz CT molecular complexity index is 712. The lowest BCUT2D eigenvalue weighted by Gasteiger charge is -2.03. The molecule has 112 valence electrons. The molecule has 1 aliphatic rings. The van der Waals surface area contributed by atoms with E-state index in [-0.39, 0.29) is 11.6 Å². The van der Waals surface area contributed by atoms with Gasteiger partial charge in [0.1, 0.15) is 5.75 Å². The van der Waals surface area contributed by atoms with Gasteiger partial charge in [-0.1, -0.05) is 19.1 Å². The van der Waals surface area contributed by atoms with Gasteiger partial charge >= 0.3 is 5.97 Å². The number of carbonyl (C=O) groups is 1. The monoisotopic (exact) mass is 297 g/mol. The summed E-state index contributed by atoms with van der Waals surface area (Å²) in [7, 11) is 0. The molecule has 5 nitrogen and oxygen atoms in total. The maximum atomic E-state index is 11.8. The maximum absolute atomic E-state index is 11.8. The van der Waals surface area contributed by atoms with Crippen LogP contribution in [0.5, 0.6) is 5.75 Å². The standard InChI is InChI=1S/C17H15NO4/c1-2-9-20-13-7-5-12(6-8-13)11-14-17(19)22-16(18-14)15-4-3-10-21-15/h3-8,10-11H,2,9H2,1H3. The van der Waals surface area contributed by atoms with E-state index in [2.05, 4.69) is 11.9 Å². The van der Waals surface area contributed by atoms with Crippen LogP contribution in [0.25, 0.3) is 6.08 Å². The number of nitrogens with zero attached hydrogens (tertiary/aromatic N) is 1. The van der Waals surface area contributed by atoms with Crippen LogP contribution in [0.15, 0.2) is 57.8 Å². The zero-order valence-corrected chi connectivity index (χ0v) is 12.1. The van der Waals surface area contributed by atoms with Gasteiger partial charge in [0.15, 0.2) is 11.5 Å². The summed E-state index contributed by atoms with van der Waals surface area (Å²) in [5, 5.41) is 0. The highest BCUT2D eigenvalue weighted by atomic mass is 16.6. The van der Waals surface area contributed by atoms with E-state index in [4.69, 9.17) is 13.9 Å². The molecule has 22 heavy (non-hydrogen) atoms. The molecule has 2 aromatic rings. The number of hydrogen-bond acceptors (Lipinski definition) is 5. The first-order chi connectivity index (χ1) is 10.8. The quantitative estimate of drug-likeness (QED) is 0.626. The molecular weight excluding hydrogens is 282 g/mol. The minimum atomic E-state index is -0.488. The fourth-order valence-electron chi connectivity index (χ4n) is 1.95. The van der Waals surface area contributed by atoms with Crippen LogP contribution >= 0.6 is 0 Å². The molecule has 0 spiro atoms. The van der Waals surface area contributed by atoms with Crippen LogP contribution in [0.2, 0.25) is 0 Å². The molecule has 1 aliphatic heterocycles. The number of carbonyl (C=O) groups excluding carboxylic acids is 1. The Balaban J connectivity index is 1.78. The molecule has 5 heteroatoms. The van der Waals surface area contributed by atoms with Crippen LogP contribution < -0.4 is 4.74 Å². The number of cyclic esters (lactones) is 1. The largest absolute Gasteiger partial charge is 0.494 e. The van der Waals surface area contributed by atoms with Gasteiger partial charge in [0.05, 0.1) is 12.9 Å². The first-order valence-electron chi connectivity index (χ1n) is 7.05. The van der Waals surface area contributed by atoms with E-state index >= 15 is 0 Å². The number of esters is 1. The van der Waals surface area contributed by atoms with Crippen LogP contribution in [0.1, 0.15) is 24.7 Å². The van der Waals surface area contributed by atoms with Crippen molar-refractivity contribution in [2.75, 3.05) is 6.61 Å². The summed E-state index contributed by atoms with van der Waals surface area (Å²) >= 11 is 0. The van der Waals surface area contributed by atoms with Crippen molar-refractivity contribution in [2.45, 2.75) is 13.3 Å². The fourth-order valence-corrected chi connectivity index (χ4v) is 1.95. The number of benzene rings is 1. The highest BCUT2D eigenvalue weighted by Gasteiger charge is 2.25. The zero-order chi connectivity index (χ0) is 15.4. The average molecular weight is 297 g/mol. The Hall–Kier alpha value is -2.82. The van der Waals surface area contributed by atoms with Gasteiger partial charge in [-0.15, -0.1) is 0 Å². The highest BCUT2D eigenvalue weighted by molar-refractivity contribution is 6.11. The summed E-state index contributed by atoms with van der Waals surface area (Å²) < 4.78 is 15.8. The third-order valence-corrected chi connectivity index (χ3v) is 3.01. The second kappa shape index (κ2) is 6.30. The molecule has 0 saturated heterocycles. The zero-order valence-electron chi connectivity index (χ0n) is 12.1. The topological polar surface area (TPSA) is 61.0 Å². The molecule has 0 unspecified atom stereocenters. The molecule has 0 bridgehead atoms. The predicted molar refractivity (Wildman–Crippen MR) is 81.5 cm³/mol. The Morgan fingerprint density at radius 1 is 1.23 bits per heavy atom. The molecule has 1 aromatic heterocycles. The lowest BCUT2D eigenvalue weighted by Crippen LogP contribution is -2.04. The van der Waals surface area contributed by atoms with E-state index in [1.54, 1.807) is 18.2 Å². The molecule has 0 atom stereocenters. The number of aliphatic imine (C=N–C) groups is 1. The second-order valence-corrected chi connectivity index (χ2v) is 4.73. The lowest BCUT2D eigenvalue weighted by molar-refractivity contribution is -0.130. The van der Waals surface area contributed by atoms with E-state index in [0.29, 0.717) is 12.4 Å². The summed E-state index contributed by atoms with van der Waals surface area (Å²) in [6, 6.07) is 10.9. The minimum absolute atomic E-state index is 0.184. The van der Waals surface area contributed by atoms with E-state index in [1.165, 1.54) is 6.26 Å². The van der Waals surface area contributed by atoms with Crippen LogP contribution in [-0.4, -0.2) is 18.5 Å². The van der Waals surface area contributed by atoms with Crippen LogP contribution in [0.3, 0.4) is 0 Å². The van der Waals surface area contributed by atoms with Crippen molar-refractivity contribution in [3.05, 3.63) is 59.7 Å². The van der Waals surface area contributed by atoms with Gasteiger partial charge in [0, 0.05) is 0 Å². The molecule has 0 amide bonds. The molecule has 2 heterocycles. The second-order valence-electron chi connectivity index (χ2n) is 4.73. The molecule has 0 radical (unpaired) electrons. The van der Waals surface area contributed by atoms with E-state index in [9.17, 15) is 4.79 Å². The van der Waals surface area contributed by atoms with Gasteiger partial charge in [-0.25, -0.2) is 9.79 Å². The minimum Gasteiger partial charge on any atom is -0.494 e. The number of furan rings is 1. The summed E-state index contributed by atoms with van der Waals surface area (Å²) in [6.07, 6.45) is 4.13. The van der Waals surface area contributed by atoms with Gasteiger partial charge in [0.2, 0.25) is 0 Å². The molecule has 3 rings (SSSR count). The Labute approximate surface area is 127 Å². The number of rotatable bonds is 5. The highest BCUT2D eigenvalue weighted by Crippen LogP contribution is 2.20. The Morgan fingerprint density at radius 3 is 2.73 bits per heavy atom. The van der Waals surface area contributed by atoms with Crippen molar-refractivity contribution in [2.24, 2.45) is 4.99 Å². The smallest absolute Gasteiger partial charge is 0.363 e. The van der Waals surface area contributed by atoms with Crippen molar-refractivity contribution in [1.82, 2.24) is 0 Å². The summed E-state index contributed by atoms with van der Waals surface area (Å²) in [6.45, 7) is 2.74. The molecule has 1 aromatic carbocycles. The third kappa shape index (κ3) is 3.09. The lowest BCUT2D eigenvalue weighted by atomic mass is 10.2. The van der Waals surface area contributed by atoms with Crippen molar-refractivity contribution < 1.29 is 18.7 Å². The third-order valence-electron chi connectivity index (χ3n) is 3.01. The predicted octanol–water partition coefficient (Wildman–Crippen LogP) is 3.41. The Kier molecular flexibility index (Phi) is 4.05. The van der Waals surface area contributed by atoms with Gasteiger partial charge in [-0.05, 0) is 42.3 Å². The molecular formula is C17H15NO4. The number of hydrogen-bond donors (Lipinski definition) is 0. The van der Waals surface area contributed by atoms with Crippen molar-refractivity contribution in [3.63, 3.8) is 0 Å². The van der Waals surface area contributed by atoms with Crippen molar-refractivity contribution in [3.8, 4) is 5.75 Å². The van der Waals surface area contributed by atoms with Gasteiger partial charge in [-0.3, -0.25) is 0 Å². The van der Waals surface area contributed by atoms with E-state index in [1.807, 2.05) is 24.3 Å². The van der Waals surface area contributed by atoms with Gasteiger partial charge in [-0.2, -0.15) is 0 Å². The molecule has 0 saturated carbocycles. The first-order valence-corrected chi connectivity index (χ1v) is 7.05. The SMILES string of the molecule is CCCOc1ccc(C=C2N=C(c3ccco3)OC2=O)cc1. The summed E-state index contributed by atoms with van der Waals surface area (Å²) in [4.78, 5) is 16.0. The summed E-state index contributed by atoms with van der Waals surface area (Å²) in [5.74, 6) is 0.930. The molecule has 0 fully saturated rings. The Morgan fingerprint density at radius 2 is 2.05 bits per heavy atom. The van der Waals surface area contributed by atoms with Crippen molar-refractivity contribution >= 4 is 17.9 Å². The van der Waals surface area contributed by atoms with E-state index < -0.39 is 5.97 Å². The van der Waals surface area contributed by atoms with Gasteiger partial charge < -0.3 is 13.9 Å². The molecule has 0 N–H and O–H groups in total. The fraction of sp³-hybridized carbons (Fsp3) is 0.176. The number of ether oxygens (including phenoxy) is 2. The van der Waals surface area contributed by atoms with Gasteiger partial charge in [0.25, 0.3) is 5.90 Å². The van der Waals surface area contributed by atoms with Crippen LogP contribution in [0.4, 0.5) is 0 Å². The van der Waals surface area contributed by atoms with E-state index in [0.717, 1.165) is 17.7 Å². The van der Waals surface area contributed by atoms with Crippen LogP contribution in [-0.2, 0) is 9.53 Å². The normalized spacial score (nSPS) is 15.8. The summed E-state index contributed by atoms with van der Waals surface area (Å²) in [5.41, 5.74) is 1.09. The van der Waals surface area contributed by atoms with Crippen molar-refractivity contribution in [1.29, 1.82) is 0 Å². The first kappa shape index (κ1) is 14.1. The maximum Gasteiger partial charge on any atom is 0.363 e. The van der Waals surface area contributed by atoms with Crippen LogP contribution in [0, 0.1) is 0 Å².